The molecular weight excluding hydrogens is 169 g/mol. The topological polar surface area (TPSA) is 25.8 Å². The zero-order valence-corrected chi connectivity index (χ0v) is 6.61. The lowest BCUT2D eigenvalue weighted by atomic mass is 10.2. The summed E-state index contributed by atoms with van der Waals surface area (Å²) in [5.41, 5.74) is -0.531. The first-order valence-corrected chi connectivity index (χ1v) is 3.29. The zero-order valence-electron chi connectivity index (χ0n) is 6.61. The van der Waals surface area contributed by atoms with E-state index in [-0.39, 0.29) is 11.4 Å². The summed E-state index contributed by atoms with van der Waals surface area (Å²) in [4.78, 5) is 0. The molecule has 0 amide bonds. The molecule has 0 spiro atoms. The Morgan fingerprint density at radius 2 is 1.75 bits per heavy atom. The monoisotopic (exact) mass is 176 g/mol. The van der Waals surface area contributed by atoms with E-state index in [1.165, 1.54) is 13.8 Å². The van der Waals surface area contributed by atoms with Gasteiger partial charge in [-0.05, 0) is 19.9 Å². The molecule has 0 unspecified atom stereocenters. The maximum atomic E-state index is 12.2. The SMILES string of the molecule is Cc1cc(C(F)(F)F)c(C)nn1. The highest BCUT2D eigenvalue weighted by atomic mass is 19.4. The van der Waals surface area contributed by atoms with Crippen molar-refractivity contribution in [1.82, 2.24) is 10.2 Å². The van der Waals surface area contributed by atoms with Gasteiger partial charge in [0, 0.05) is 0 Å². The van der Waals surface area contributed by atoms with Gasteiger partial charge in [0.05, 0.1) is 17.0 Å². The van der Waals surface area contributed by atoms with E-state index in [2.05, 4.69) is 10.2 Å². The zero-order chi connectivity index (χ0) is 9.35. The highest BCUT2D eigenvalue weighted by molar-refractivity contribution is 5.22. The van der Waals surface area contributed by atoms with Crippen molar-refractivity contribution in [2.24, 2.45) is 0 Å². The highest BCUT2D eigenvalue weighted by Gasteiger charge is 2.33. The minimum atomic E-state index is -4.33. The van der Waals surface area contributed by atoms with E-state index >= 15 is 0 Å². The number of hydrogen-bond acceptors (Lipinski definition) is 2. The van der Waals surface area contributed by atoms with Crippen molar-refractivity contribution < 1.29 is 13.2 Å². The third-order valence-electron chi connectivity index (χ3n) is 1.41. The summed E-state index contributed by atoms with van der Waals surface area (Å²) in [6, 6.07) is 0.988. The predicted octanol–water partition coefficient (Wildman–Crippen LogP) is 2.11. The van der Waals surface area contributed by atoms with E-state index < -0.39 is 11.7 Å². The van der Waals surface area contributed by atoms with Gasteiger partial charge in [-0.25, -0.2) is 0 Å². The Bertz CT molecular complexity index is 293. The van der Waals surface area contributed by atoms with E-state index in [0.717, 1.165) is 6.07 Å². The average molecular weight is 176 g/mol. The summed E-state index contributed by atoms with van der Waals surface area (Å²) in [7, 11) is 0. The van der Waals surface area contributed by atoms with Crippen LogP contribution in [0.3, 0.4) is 0 Å². The van der Waals surface area contributed by atoms with Gasteiger partial charge in [0.1, 0.15) is 0 Å². The van der Waals surface area contributed by atoms with Gasteiger partial charge >= 0.3 is 6.18 Å². The second-order valence-corrected chi connectivity index (χ2v) is 2.48. The molecule has 1 rings (SSSR count). The van der Waals surface area contributed by atoms with Crippen LogP contribution >= 0.6 is 0 Å². The van der Waals surface area contributed by atoms with Gasteiger partial charge in [-0.1, -0.05) is 0 Å². The average Bonchev–Trinajstić information content (AvgIpc) is 1.92. The number of nitrogens with zero attached hydrogens (tertiary/aromatic N) is 2. The van der Waals surface area contributed by atoms with Crippen LogP contribution in [-0.4, -0.2) is 10.2 Å². The van der Waals surface area contributed by atoms with Gasteiger partial charge in [0.25, 0.3) is 0 Å². The molecule has 0 bridgehead atoms. The van der Waals surface area contributed by atoms with Crippen LogP contribution in [0.4, 0.5) is 13.2 Å². The van der Waals surface area contributed by atoms with Crippen molar-refractivity contribution in [1.29, 1.82) is 0 Å². The minimum Gasteiger partial charge on any atom is -0.166 e. The van der Waals surface area contributed by atoms with Crippen LogP contribution in [0.1, 0.15) is 17.0 Å². The van der Waals surface area contributed by atoms with Crippen molar-refractivity contribution in [3.63, 3.8) is 0 Å². The largest absolute Gasteiger partial charge is 0.418 e. The predicted molar refractivity (Wildman–Crippen MR) is 36.5 cm³/mol. The smallest absolute Gasteiger partial charge is 0.166 e. The molecule has 2 nitrogen and oxygen atoms in total. The lowest BCUT2D eigenvalue weighted by Crippen LogP contribution is -2.10. The molecule has 0 saturated carbocycles. The van der Waals surface area contributed by atoms with Crippen LogP contribution < -0.4 is 0 Å². The number of hydrogen-bond donors (Lipinski definition) is 0. The number of halogens is 3. The molecule has 0 saturated heterocycles. The molecule has 1 aromatic rings. The fourth-order valence-electron chi connectivity index (χ4n) is 0.837. The first-order chi connectivity index (χ1) is 5.41. The van der Waals surface area contributed by atoms with Gasteiger partial charge in [-0.3, -0.25) is 0 Å². The summed E-state index contributed by atoms with van der Waals surface area (Å²) in [6.45, 7) is 2.76. The number of aryl methyl sites for hydroxylation is 2. The van der Waals surface area contributed by atoms with E-state index in [0.29, 0.717) is 0 Å². The van der Waals surface area contributed by atoms with Crippen LogP contribution in [0.2, 0.25) is 0 Å². The Balaban J connectivity index is 3.23. The second kappa shape index (κ2) is 2.73. The molecule has 0 aliphatic heterocycles. The maximum Gasteiger partial charge on any atom is 0.418 e. The second-order valence-electron chi connectivity index (χ2n) is 2.48. The standard InChI is InChI=1S/C7H7F3N2/c1-4-3-6(7(8,9)10)5(2)12-11-4/h3H,1-2H3. The van der Waals surface area contributed by atoms with Crippen molar-refractivity contribution in [3.8, 4) is 0 Å². The molecule has 0 radical (unpaired) electrons. The lowest BCUT2D eigenvalue weighted by molar-refractivity contribution is -0.138. The molecule has 0 aliphatic rings. The van der Waals surface area contributed by atoms with Crippen LogP contribution in [0.5, 0.6) is 0 Å². The van der Waals surface area contributed by atoms with Gasteiger partial charge in [0.15, 0.2) is 0 Å². The van der Waals surface area contributed by atoms with Crippen molar-refractivity contribution in [2.75, 3.05) is 0 Å². The molecule has 0 atom stereocenters. The normalized spacial score (nSPS) is 11.8. The Hall–Kier alpha value is -1.13. The number of rotatable bonds is 0. The molecule has 12 heavy (non-hydrogen) atoms. The molecule has 0 fully saturated rings. The van der Waals surface area contributed by atoms with Crippen molar-refractivity contribution in [3.05, 3.63) is 23.0 Å². The first kappa shape index (κ1) is 8.96. The van der Waals surface area contributed by atoms with Gasteiger partial charge in [0.2, 0.25) is 0 Å². The van der Waals surface area contributed by atoms with Crippen LogP contribution in [0.15, 0.2) is 6.07 Å². The molecule has 66 valence electrons. The molecule has 1 aromatic heterocycles. The number of aromatic nitrogens is 2. The summed E-state index contributed by atoms with van der Waals surface area (Å²) in [5, 5.41) is 6.88. The Labute approximate surface area is 67.4 Å². The van der Waals surface area contributed by atoms with Crippen molar-refractivity contribution in [2.45, 2.75) is 20.0 Å². The van der Waals surface area contributed by atoms with Gasteiger partial charge in [-0.2, -0.15) is 23.4 Å². The number of alkyl halides is 3. The molecule has 0 aromatic carbocycles. The highest BCUT2D eigenvalue weighted by Crippen LogP contribution is 2.30. The molecule has 0 aliphatic carbocycles. The molecular formula is C7H7F3N2. The lowest BCUT2D eigenvalue weighted by Gasteiger charge is -2.08. The quantitative estimate of drug-likeness (QED) is 0.605. The van der Waals surface area contributed by atoms with Gasteiger partial charge < -0.3 is 0 Å². The molecule has 0 N–H and O–H groups in total. The summed E-state index contributed by atoms with van der Waals surface area (Å²) < 4.78 is 36.5. The van der Waals surface area contributed by atoms with Gasteiger partial charge in [-0.15, -0.1) is 0 Å². The maximum absolute atomic E-state index is 12.2. The third-order valence-corrected chi connectivity index (χ3v) is 1.41. The van der Waals surface area contributed by atoms with E-state index in [9.17, 15) is 13.2 Å². The van der Waals surface area contributed by atoms with E-state index in [1.54, 1.807) is 0 Å². The van der Waals surface area contributed by atoms with Crippen molar-refractivity contribution >= 4 is 0 Å². The Morgan fingerprint density at radius 3 is 2.17 bits per heavy atom. The minimum absolute atomic E-state index is 0.0897. The van der Waals surface area contributed by atoms with Crippen LogP contribution in [-0.2, 0) is 6.18 Å². The summed E-state index contributed by atoms with van der Waals surface area (Å²) in [5.74, 6) is 0. The molecule has 1 heterocycles. The van der Waals surface area contributed by atoms with Crippen LogP contribution in [0.25, 0.3) is 0 Å². The fraction of sp³-hybridized carbons (Fsp3) is 0.429. The third kappa shape index (κ3) is 1.72. The Morgan fingerprint density at radius 1 is 1.17 bits per heavy atom. The van der Waals surface area contributed by atoms with E-state index in [1.807, 2.05) is 0 Å². The first-order valence-electron chi connectivity index (χ1n) is 3.29. The molecule has 5 heteroatoms. The summed E-state index contributed by atoms with van der Waals surface area (Å²) >= 11 is 0. The van der Waals surface area contributed by atoms with Crippen LogP contribution in [0, 0.1) is 13.8 Å². The Kier molecular flexibility index (Phi) is 2.04. The fourth-order valence-corrected chi connectivity index (χ4v) is 0.837. The van der Waals surface area contributed by atoms with E-state index in [4.69, 9.17) is 0 Å². The summed E-state index contributed by atoms with van der Waals surface area (Å²) in [6.07, 6.45) is -4.33.